The van der Waals surface area contributed by atoms with E-state index in [0.717, 1.165) is 25.9 Å². The van der Waals surface area contributed by atoms with Crippen molar-refractivity contribution in [3.63, 3.8) is 0 Å². The minimum atomic E-state index is -0.388. The fraction of sp³-hybridized carbons (Fsp3) is 0.400. The number of halogens is 1. The van der Waals surface area contributed by atoms with E-state index in [4.69, 9.17) is 4.74 Å². The molecule has 0 spiro atoms. The lowest BCUT2D eigenvalue weighted by Crippen LogP contribution is -2.42. The van der Waals surface area contributed by atoms with Gasteiger partial charge in [0, 0.05) is 30.7 Å². The molecule has 0 saturated carbocycles. The van der Waals surface area contributed by atoms with Gasteiger partial charge >= 0.3 is 0 Å². The zero-order valence-corrected chi connectivity index (χ0v) is 19.5. The number of hydrogen-bond donors (Lipinski definition) is 0. The highest BCUT2D eigenvalue weighted by atomic mass is 19.1. The molecular formula is C25H27FN6O2. The van der Waals surface area contributed by atoms with E-state index < -0.39 is 0 Å². The predicted molar refractivity (Wildman–Crippen MR) is 128 cm³/mol. The van der Waals surface area contributed by atoms with Crippen LogP contribution in [-0.2, 0) is 6.54 Å². The van der Waals surface area contributed by atoms with E-state index in [2.05, 4.69) is 38.7 Å². The van der Waals surface area contributed by atoms with Crippen LogP contribution in [0.1, 0.15) is 32.5 Å². The van der Waals surface area contributed by atoms with Gasteiger partial charge in [-0.05, 0) is 70.3 Å². The van der Waals surface area contributed by atoms with Crippen molar-refractivity contribution in [2.24, 2.45) is 5.92 Å². The zero-order valence-electron chi connectivity index (χ0n) is 19.5. The second kappa shape index (κ2) is 9.06. The summed E-state index contributed by atoms with van der Waals surface area (Å²) in [4.78, 5) is 33.3. The maximum absolute atomic E-state index is 14.1. The second-order valence-electron chi connectivity index (χ2n) is 9.10. The van der Waals surface area contributed by atoms with E-state index in [0.29, 0.717) is 41.0 Å². The number of rotatable bonds is 5. The number of aromatic nitrogens is 5. The van der Waals surface area contributed by atoms with Crippen LogP contribution in [0.3, 0.4) is 0 Å². The standard InChI is InChI=1S/C25H27FN6O2/c1-15(2)31-11-5-6-17(13-31)14-32-16(3)29-24-23(25(32)33)30-21(12-28-24)34-20-9-8-19(26)18-7-4-10-27-22(18)20/h4,7-10,12,15,17H,5-6,11,13-14H2,1-3H3/t17-/m0/s1. The van der Waals surface area contributed by atoms with E-state index in [-0.39, 0.29) is 28.4 Å². The Labute approximate surface area is 196 Å². The molecule has 176 valence electrons. The number of likely N-dealkylation sites (tertiary alicyclic amines) is 1. The summed E-state index contributed by atoms with van der Waals surface area (Å²) in [6.45, 7) is 8.88. The maximum Gasteiger partial charge on any atom is 0.281 e. The maximum atomic E-state index is 14.1. The molecule has 0 bridgehead atoms. The van der Waals surface area contributed by atoms with Crippen LogP contribution in [0.25, 0.3) is 22.1 Å². The molecule has 1 fully saturated rings. The van der Waals surface area contributed by atoms with Crippen molar-refractivity contribution >= 4 is 22.1 Å². The molecule has 3 aromatic heterocycles. The minimum Gasteiger partial charge on any atom is -0.435 e. The van der Waals surface area contributed by atoms with Crippen molar-refractivity contribution in [1.82, 2.24) is 29.4 Å². The number of hydrogen-bond acceptors (Lipinski definition) is 7. The Morgan fingerprint density at radius 3 is 2.85 bits per heavy atom. The molecule has 34 heavy (non-hydrogen) atoms. The summed E-state index contributed by atoms with van der Waals surface area (Å²) in [5, 5.41) is 0.344. The molecule has 5 rings (SSSR count). The van der Waals surface area contributed by atoms with Crippen molar-refractivity contribution < 1.29 is 9.13 Å². The van der Waals surface area contributed by atoms with Crippen LogP contribution in [0.4, 0.5) is 4.39 Å². The van der Waals surface area contributed by atoms with E-state index in [1.165, 1.54) is 18.3 Å². The SMILES string of the molecule is Cc1nc2ncc(Oc3ccc(F)c4cccnc34)nc2c(=O)n1C[C@H]1CCCN(C(C)C)C1. The Morgan fingerprint density at radius 1 is 1.18 bits per heavy atom. The summed E-state index contributed by atoms with van der Waals surface area (Å²) < 4.78 is 21.7. The highest BCUT2D eigenvalue weighted by molar-refractivity contribution is 5.85. The monoisotopic (exact) mass is 462 g/mol. The van der Waals surface area contributed by atoms with Crippen LogP contribution in [0, 0.1) is 18.7 Å². The molecule has 1 aliphatic rings. The van der Waals surface area contributed by atoms with Gasteiger partial charge in [-0.3, -0.25) is 14.3 Å². The van der Waals surface area contributed by atoms with Gasteiger partial charge in [-0.1, -0.05) is 0 Å². The van der Waals surface area contributed by atoms with Crippen LogP contribution >= 0.6 is 0 Å². The zero-order chi connectivity index (χ0) is 23.8. The smallest absolute Gasteiger partial charge is 0.281 e. The van der Waals surface area contributed by atoms with E-state index in [1.54, 1.807) is 22.9 Å². The first kappa shape index (κ1) is 22.3. The van der Waals surface area contributed by atoms with Crippen LogP contribution in [-0.4, -0.2) is 48.5 Å². The van der Waals surface area contributed by atoms with Gasteiger partial charge in [0.15, 0.2) is 16.9 Å². The molecule has 1 aliphatic heterocycles. The first-order chi connectivity index (χ1) is 16.4. The molecule has 1 aromatic carbocycles. The molecule has 1 saturated heterocycles. The molecule has 0 radical (unpaired) electrons. The van der Waals surface area contributed by atoms with Gasteiger partial charge in [0.05, 0.1) is 6.20 Å². The van der Waals surface area contributed by atoms with Crippen LogP contribution in [0.5, 0.6) is 11.6 Å². The molecule has 0 aliphatic carbocycles. The lowest BCUT2D eigenvalue weighted by molar-refractivity contribution is 0.129. The number of fused-ring (bicyclic) bond motifs is 2. The Kier molecular flexibility index (Phi) is 5.95. The summed E-state index contributed by atoms with van der Waals surface area (Å²) in [5.41, 5.74) is 0.569. The highest BCUT2D eigenvalue weighted by Gasteiger charge is 2.24. The Hall–Kier alpha value is -3.46. The summed E-state index contributed by atoms with van der Waals surface area (Å²) in [5.74, 6) is 1.07. The third kappa shape index (κ3) is 4.23. The number of ether oxygens (including phenoxy) is 1. The Morgan fingerprint density at radius 2 is 2.03 bits per heavy atom. The average Bonchev–Trinajstić information content (AvgIpc) is 2.84. The van der Waals surface area contributed by atoms with Gasteiger partial charge < -0.3 is 9.64 Å². The molecule has 0 unspecified atom stereocenters. The van der Waals surface area contributed by atoms with Crippen molar-refractivity contribution in [3.05, 3.63) is 58.7 Å². The molecule has 9 heteroatoms. The Bertz CT molecular complexity index is 1420. The number of piperidine rings is 1. The van der Waals surface area contributed by atoms with Gasteiger partial charge in [-0.25, -0.2) is 19.3 Å². The van der Waals surface area contributed by atoms with E-state index in [1.807, 2.05) is 6.92 Å². The van der Waals surface area contributed by atoms with E-state index >= 15 is 0 Å². The quantitative estimate of drug-likeness (QED) is 0.441. The largest absolute Gasteiger partial charge is 0.435 e. The third-order valence-corrected chi connectivity index (χ3v) is 6.45. The lowest BCUT2D eigenvalue weighted by atomic mass is 9.97. The van der Waals surface area contributed by atoms with Crippen LogP contribution in [0.2, 0.25) is 0 Å². The molecule has 0 amide bonds. The molecule has 0 N–H and O–H groups in total. The number of aryl methyl sites for hydroxylation is 1. The van der Waals surface area contributed by atoms with Gasteiger partial charge in [-0.2, -0.15) is 0 Å². The number of pyridine rings is 1. The van der Waals surface area contributed by atoms with Crippen molar-refractivity contribution in [3.8, 4) is 11.6 Å². The first-order valence-corrected chi connectivity index (χ1v) is 11.6. The lowest BCUT2D eigenvalue weighted by Gasteiger charge is -2.35. The molecule has 8 nitrogen and oxygen atoms in total. The number of nitrogens with zero attached hydrogens (tertiary/aromatic N) is 6. The van der Waals surface area contributed by atoms with E-state index in [9.17, 15) is 9.18 Å². The minimum absolute atomic E-state index is 0.129. The second-order valence-corrected chi connectivity index (χ2v) is 9.10. The van der Waals surface area contributed by atoms with Crippen LogP contribution < -0.4 is 10.3 Å². The van der Waals surface area contributed by atoms with Gasteiger partial charge in [0.25, 0.3) is 5.56 Å². The van der Waals surface area contributed by atoms with Crippen molar-refractivity contribution in [2.75, 3.05) is 13.1 Å². The number of benzene rings is 1. The van der Waals surface area contributed by atoms with Crippen molar-refractivity contribution in [1.29, 1.82) is 0 Å². The van der Waals surface area contributed by atoms with Crippen LogP contribution in [0.15, 0.2) is 41.5 Å². The highest BCUT2D eigenvalue weighted by Crippen LogP contribution is 2.29. The fourth-order valence-electron chi connectivity index (χ4n) is 4.62. The summed E-state index contributed by atoms with van der Waals surface area (Å²) in [6.07, 6.45) is 5.18. The summed E-state index contributed by atoms with van der Waals surface area (Å²) in [6, 6.07) is 6.59. The van der Waals surface area contributed by atoms with Crippen molar-refractivity contribution in [2.45, 2.75) is 46.2 Å². The normalized spacial score (nSPS) is 17.0. The topological polar surface area (TPSA) is 86.0 Å². The summed E-state index contributed by atoms with van der Waals surface area (Å²) in [7, 11) is 0. The summed E-state index contributed by atoms with van der Waals surface area (Å²) >= 11 is 0. The molecule has 1 atom stereocenters. The molecular weight excluding hydrogens is 435 g/mol. The Balaban J connectivity index is 1.48. The average molecular weight is 463 g/mol. The van der Waals surface area contributed by atoms with Gasteiger partial charge in [-0.15, -0.1) is 0 Å². The predicted octanol–water partition coefficient (Wildman–Crippen LogP) is 4.09. The van der Waals surface area contributed by atoms with Gasteiger partial charge in [0.2, 0.25) is 5.88 Å². The third-order valence-electron chi connectivity index (χ3n) is 6.45. The van der Waals surface area contributed by atoms with Gasteiger partial charge in [0.1, 0.15) is 17.2 Å². The fourth-order valence-corrected chi connectivity index (χ4v) is 4.62. The molecule has 4 aromatic rings. The molecule has 4 heterocycles. The first-order valence-electron chi connectivity index (χ1n) is 11.6.